The standard InChI is InChI=1S/C8H15NO.ClH/c9-7-5-3-1-2-4-6-8(7)10;/h7H,1-6,9H2;1H. The van der Waals surface area contributed by atoms with Crippen molar-refractivity contribution in [1.82, 2.24) is 0 Å². The van der Waals surface area contributed by atoms with Crippen LogP contribution in [0.2, 0.25) is 0 Å². The molecule has 66 valence electrons. The van der Waals surface area contributed by atoms with Crippen molar-refractivity contribution in [1.29, 1.82) is 0 Å². The molecule has 1 atom stereocenters. The van der Waals surface area contributed by atoms with E-state index in [1.165, 1.54) is 12.8 Å². The summed E-state index contributed by atoms with van der Waals surface area (Å²) in [5.41, 5.74) is 5.60. The van der Waals surface area contributed by atoms with Crippen LogP contribution in [0.3, 0.4) is 0 Å². The SMILES string of the molecule is Cl.NC1CCCCCCC1=O. The first-order valence-electron chi connectivity index (χ1n) is 4.09. The van der Waals surface area contributed by atoms with Crippen LogP contribution >= 0.6 is 12.4 Å². The molecule has 1 aliphatic carbocycles. The summed E-state index contributed by atoms with van der Waals surface area (Å²) in [6.07, 6.45) is 6.25. The van der Waals surface area contributed by atoms with E-state index in [0.717, 1.165) is 19.3 Å². The summed E-state index contributed by atoms with van der Waals surface area (Å²) in [6, 6.07) is -0.153. The van der Waals surface area contributed by atoms with Gasteiger partial charge in [-0.05, 0) is 12.8 Å². The van der Waals surface area contributed by atoms with Gasteiger partial charge in [0.25, 0.3) is 0 Å². The molecule has 1 aliphatic rings. The first kappa shape index (κ1) is 10.9. The Morgan fingerprint density at radius 3 is 2.55 bits per heavy atom. The highest BCUT2D eigenvalue weighted by Crippen LogP contribution is 2.12. The van der Waals surface area contributed by atoms with Gasteiger partial charge in [0, 0.05) is 6.42 Å². The van der Waals surface area contributed by atoms with Crippen molar-refractivity contribution >= 4 is 18.2 Å². The van der Waals surface area contributed by atoms with Crippen LogP contribution in [0.15, 0.2) is 0 Å². The average molecular weight is 178 g/mol. The molecule has 0 bridgehead atoms. The van der Waals surface area contributed by atoms with Crippen LogP contribution in [0.1, 0.15) is 38.5 Å². The van der Waals surface area contributed by atoms with Crippen molar-refractivity contribution in [3.05, 3.63) is 0 Å². The second kappa shape index (κ2) is 5.56. The zero-order valence-electron chi connectivity index (χ0n) is 6.71. The fraction of sp³-hybridized carbons (Fsp3) is 0.875. The van der Waals surface area contributed by atoms with Gasteiger partial charge in [0.1, 0.15) is 5.78 Å². The van der Waals surface area contributed by atoms with Crippen molar-refractivity contribution in [3.63, 3.8) is 0 Å². The molecule has 2 N–H and O–H groups in total. The Kier molecular flexibility index (Phi) is 5.51. The number of nitrogens with two attached hydrogens (primary N) is 1. The van der Waals surface area contributed by atoms with E-state index < -0.39 is 0 Å². The van der Waals surface area contributed by atoms with Crippen molar-refractivity contribution < 1.29 is 4.79 Å². The molecule has 0 heterocycles. The van der Waals surface area contributed by atoms with Gasteiger partial charge in [-0.1, -0.05) is 19.3 Å². The summed E-state index contributed by atoms with van der Waals surface area (Å²) in [4.78, 5) is 11.0. The zero-order chi connectivity index (χ0) is 7.40. The molecule has 0 aromatic heterocycles. The molecule has 1 fully saturated rings. The van der Waals surface area contributed by atoms with E-state index >= 15 is 0 Å². The fourth-order valence-corrected chi connectivity index (χ4v) is 1.36. The van der Waals surface area contributed by atoms with Gasteiger partial charge < -0.3 is 5.73 Å². The maximum absolute atomic E-state index is 11.0. The van der Waals surface area contributed by atoms with Crippen molar-refractivity contribution in [2.24, 2.45) is 5.73 Å². The fourth-order valence-electron chi connectivity index (χ4n) is 1.36. The predicted molar refractivity (Wildman–Crippen MR) is 47.9 cm³/mol. The number of rotatable bonds is 0. The second-order valence-corrected chi connectivity index (χ2v) is 3.03. The molecule has 0 aliphatic heterocycles. The summed E-state index contributed by atoms with van der Waals surface area (Å²) in [5.74, 6) is 0.264. The highest BCUT2D eigenvalue weighted by atomic mass is 35.5. The minimum absolute atomic E-state index is 0. The number of hydrogen-bond acceptors (Lipinski definition) is 2. The van der Waals surface area contributed by atoms with E-state index in [1.54, 1.807) is 0 Å². The molecule has 2 nitrogen and oxygen atoms in total. The van der Waals surface area contributed by atoms with Crippen LogP contribution in [0, 0.1) is 0 Å². The van der Waals surface area contributed by atoms with Gasteiger partial charge in [-0.25, -0.2) is 0 Å². The minimum Gasteiger partial charge on any atom is -0.322 e. The van der Waals surface area contributed by atoms with E-state index in [-0.39, 0.29) is 24.2 Å². The maximum atomic E-state index is 11.0. The van der Waals surface area contributed by atoms with Gasteiger partial charge in [0.2, 0.25) is 0 Å². The molecular weight excluding hydrogens is 162 g/mol. The minimum atomic E-state index is -0.153. The van der Waals surface area contributed by atoms with Gasteiger partial charge in [-0.2, -0.15) is 0 Å². The summed E-state index contributed by atoms with van der Waals surface area (Å²) in [6.45, 7) is 0. The zero-order valence-corrected chi connectivity index (χ0v) is 7.53. The summed E-state index contributed by atoms with van der Waals surface area (Å²) >= 11 is 0. The molecule has 0 aromatic carbocycles. The molecule has 1 rings (SSSR count). The summed E-state index contributed by atoms with van der Waals surface area (Å²) < 4.78 is 0. The predicted octanol–water partition coefficient (Wildman–Crippen LogP) is 1.66. The largest absolute Gasteiger partial charge is 0.322 e. The molecule has 0 radical (unpaired) electrons. The van der Waals surface area contributed by atoms with Gasteiger partial charge in [0.05, 0.1) is 6.04 Å². The number of Topliss-reactive ketones (excluding diaryl/α,β-unsaturated/α-hetero) is 1. The molecule has 1 saturated carbocycles. The van der Waals surface area contributed by atoms with Crippen molar-refractivity contribution in [2.75, 3.05) is 0 Å². The number of ketones is 1. The number of carbonyl (C=O) groups is 1. The second-order valence-electron chi connectivity index (χ2n) is 3.03. The van der Waals surface area contributed by atoms with Crippen LogP contribution in [-0.2, 0) is 4.79 Å². The normalized spacial score (nSPS) is 26.6. The summed E-state index contributed by atoms with van der Waals surface area (Å²) in [5, 5.41) is 0. The Morgan fingerprint density at radius 2 is 1.82 bits per heavy atom. The summed E-state index contributed by atoms with van der Waals surface area (Å²) in [7, 11) is 0. The van der Waals surface area contributed by atoms with E-state index in [1.807, 2.05) is 0 Å². The third kappa shape index (κ3) is 3.73. The molecule has 1 unspecified atom stereocenters. The van der Waals surface area contributed by atoms with Gasteiger partial charge >= 0.3 is 0 Å². The lowest BCUT2D eigenvalue weighted by atomic mass is 9.96. The Hall–Kier alpha value is -0.0800. The Balaban J connectivity index is 0.000001000. The van der Waals surface area contributed by atoms with E-state index in [9.17, 15) is 4.79 Å². The highest BCUT2D eigenvalue weighted by Gasteiger charge is 2.14. The Morgan fingerprint density at radius 1 is 1.18 bits per heavy atom. The lowest BCUT2D eigenvalue weighted by Crippen LogP contribution is -2.30. The number of hydrogen-bond donors (Lipinski definition) is 1. The lowest BCUT2D eigenvalue weighted by molar-refractivity contribution is -0.120. The third-order valence-electron chi connectivity index (χ3n) is 2.10. The number of halogens is 1. The lowest BCUT2D eigenvalue weighted by Gasteiger charge is -2.13. The Labute approximate surface area is 73.9 Å². The van der Waals surface area contributed by atoms with E-state index in [0.29, 0.717) is 6.42 Å². The highest BCUT2D eigenvalue weighted by molar-refractivity contribution is 5.85. The van der Waals surface area contributed by atoms with Crippen molar-refractivity contribution in [3.8, 4) is 0 Å². The van der Waals surface area contributed by atoms with Crippen molar-refractivity contribution in [2.45, 2.75) is 44.6 Å². The molecule has 0 aromatic rings. The van der Waals surface area contributed by atoms with Crippen LogP contribution in [0.4, 0.5) is 0 Å². The molecule has 11 heavy (non-hydrogen) atoms. The maximum Gasteiger partial charge on any atom is 0.149 e. The van der Waals surface area contributed by atoms with Gasteiger partial charge in [0.15, 0.2) is 0 Å². The molecule has 0 spiro atoms. The van der Waals surface area contributed by atoms with Crippen LogP contribution in [0.25, 0.3) is 0 Å². The molecule has 0 amide bonds. The van der Waals surface area contributed by atoms with Crippen LogP contribution in [0.5, 0.6) is 0 Å². The first-order valence-corrected chi connectivity index (χ1v) is 4.09. The molecule has 0 saturated heterocycles. The molecular formula is C8H16ClNO. The third-order valence-corrected chi connectivity index (χ3v) is 2.10. The van der Waals surface area contributed by atoms with Gasteiger partial charge in [-0.3, -0.25) is 4.79 Å². The monoisotopic (exact) mass is 177 g/mol. The molecule has 3 heteroatoms. The Bertz CT molecular complexity index is 127. The quantitative estimate of drug-likeness (QED) is 0.612. The first-order chi connectivity index (χ1) is 4.80. The van der Waals surface area contributed by atoms with Gasteiger partial charge in [-0.15, -0.1) is 12.4 Å². The van der Waals surface area contributed by atoms with Crippen LogP contribution in [-0.4, -0.2) is 11.8 Å². The average Bonchev–Trinajstić information content (AvgIpc) is 1.92. The van der Waals surface area contributed by atoms with E-state index in [2.05, 4.69) is 0 Å². The van der Waals surface area contributed by atoms with E-state index in [4.69, 9.17) is 5.73 Å². The van der Waals surface area contributed by atoms with Crippen LogP contribution < -0.4 is 5.73 Å². The smallest absolute Gasteiger partial charge is 0.149 e. The topological polar surface area (TPSA) is 43.1 Å². The number of carbonyl (C=O) groups excluding carboxylic acids is 1.